The van der Waals surface area contributed by atoms with Crippen molar-refractivity contribution in [3.63, 3.8) is 0 Å². The van der Waals surface area contributed by atoms with Crippen LogP contribution < -0.4 is 10.1 Å². The van der Waals surface area contributed by atoms with Crippen molar-refractivity contribution >= 4 is 23.4 Å². The van der Waals surface area contributed by atoms with E-state index in [4.69, 9.17) is 4.74 Å². The number of carbonyl (C=O) groups excluding carboxylic acids is 1. The molecule has 0 aliphatic carbocycles. The Bertz CT molecular complexity index is 1020. The van der Waals surface area contributed by atoms with E-state index in [0.29, 0.717) is 22.2 Å². The number of aromatic nitrogens is 3. The van der Waals surface area contributed by atoms with Crippen LogP contribution in [0.4, 0.5) is 10.1 Å². The number of aryl methyl sites for hydroxylation is 1. The number of hydrogen-bond donors (Lipinski definition) is 1. The fraction of sp³-hybridized carbons (Fsp3) is 0.318. The van der Waals surface area contributed by atoms with Crippen LogP contribution in [0.2, 0.25) is 0 Å². The number of rotatable bonds is 8. The van der Waals surface area contributed by atoms with E-state index in [1.54, 1.807) is 19.1 Å². The molecule has 0 fully saturated rings. The minimum absolute atomic E-state index is 0.135. The van der Waals surface area contributed by atoms with Gasteiger partial charge in [-0.1, -0.05) is 36.9 Å². The number of nitrogens with one attached hydrogen (secondary N) is 1. The predicted molar refractivity (Wildman–Crippen MR) is 116 cm³/mol. The van der Waals surface area contributed by atoms with Gasteiger partial charge in [0.05, 0.1) is 5.75 Å². The van der Waals surface area contributed by atoms with E-state index in [1.807, 2.05) is 42.8 Å². The zero-order valence-corrected chi connectivity index (χ0v) is 18.3. The van der Waals surface area contributed by atoms with E-state index >= 15 is 0 Å². The third kappa shape index (κ3) is 5.18. The predicted octanol–water partition coefficient (Wildman–Crippen LogP) is 4.70. The second-order valence-electron chi connectivity index (χ2n) is 6.91. The van der Waals surface area contributed by atoms with Crippen LogP contribution in [0.25, 0.3) is 0 Å². The third-order valence-corrected chi connectivity index (χ3v) is 5.77. The Labute approximate surface area is 179 Å². The van der Waals surface area contributed by atoms with Crippen molar-refractivity contribution in [2.75, 3.05) is 11.1 Å². The first-order chi connectivity index (χ1) is 14.4. The SMILES string of the molecule is CCc1ccc(O[C@H](C)c2nnc(SCC(=O)Nc3cccc(F)c3C)n2C)cc1. The Balaban J connectivity index is 1.59. The maximum Gasteiger partial charge on any atom is 0.234 e. The normalized spacial score (nSPS) is 11.9. The van der Waals surface area contributed by atoms with Crippen LogP contribution in [-0.2, 0) is 18.3 Å². The zero-order chi connectivity index (χ0) is 21.7. The van der Waals surface area contributed by atoms with Crippen molar-refractivity contribution in [3.8, 4) is 5.75 Å². The molecule has 1 amide bonds. The highest BCUT2D eigenvalue weighted by Crippen LogP contribution is 2.24. The Morgan fingerprint density at radius 3 is 2.67 bits per heavy atom. The van der Waals surface area contributed by atoms with E-state index in [9.17, 15) is 9.18 Å². The molecule has 0 aliphatic heterocycles. The Morgan fingerprint density at radius 1 is 1.23 bits per heavy atom. The molecule has 3 rings (SSSR count). The van der Waals surface area contributed by atoms with Gasteiger partial charge in [-0.3, -0.25) is 4.79 Å². The quantitative estimate of drug-likeness (QED) is 0.527. The molecule has 1 aromatic heterocycles. The van der Waals surface area contributed by atoms with E-state index in [-0.39, 0.29) is 23.6 Å². The molecule has 3 aromatic rings. The van der Waals surface area contributed by atoms with Crippen LogP contribution in [0.5, 0.6) is 5.75 Å². The average molecular weight is 429 g/mol. The van der Waals surface area contributed by atoms with Gasteiger partial charge in [0.2, 0.25) is 5.91 Å². The van der Waals surface area contributed by atoms with Gasteiger partial charge in [-0.25, -0.2) is 4.39 Å². The number of carbonyl (C=O) groups is 1. The maximum absolute atomic E-state index is 13.6. The number of halogens is 1. The Hall–Kier alpha value is -2.87. The molecule has 1 N–H and O–H groups in total. The molecule has 1 heterocycles. The van der Waals surface area contributed by atoms with Crippen molar-refractivity contribution < 1.29 is 13.9 Å². The summed E-state index contributed by atoms with van der Waals surface area (Å²) in [5, 5.41) is 11.7. The highest BCUT2D eigenvalue weighted by molar-refractivity contribution is 7.99. The number of benzene rings is 2. The van der Waals surface area contributed by atoms with Gasteiger partial charge in [0.15, 0.2) is 17.1 Å². The van der Waals surface area contributed by atoms with Crippen LogP contribution in [-0.4, -0.2) is 26.4 Å². The van der Waals surface area contributed by atoms with E-state index < -0.39 is 0 Å². The monoisotopic (exact) mass is 428 g/mol. The first-order valence-electron chi connectivity index (χ1n) is 9.71. The molecule has 0 aliphatic rings. The zero-order valence-electron chi connectivity index (χ0n) is 17.5. The molecular weight excluding hydrogens is 403 g/mol. The summed E-state index contributed by atoms with van der Waals surface area (Å²) in [7, 11) is 1.84. The summed E-state index contributed by atoms with van der Waals surface area (Å²) in [6, 6.07) is 12.6. The first kappa shape index (κ1) is 21.8. The van der Waals surface area contributed by atoms with Gasteiger partial charge in [-0.05, 0) is 50.1 Å². The van der Waals surface area contributed by atoms with Crippen LogP contribution in [0, 0.1) is 12.7 Å². The molecule has 6 nitrogen and oxygen atoms in total. The molecule has 158 valence electrons. The number of hydrogen-bond acceptors (Lipinski definition) is 5. The molecule has 30 heavy (non-hydrogen) atoms. The number of thioether (sulfide) groups is 1. The van der Waals surface area contributed by atoms with Gasteiger partial charge in [0.25, 0.3) is 0 Å². The standard InChI is InChI=1S/C22H25FN4O2S/c1-5-16-9-11-17(12-10-16)29-15(3)21-25-26-22(27(21)4)30-13-20(28)24-19-8-6-7-18(23)14(19)2/h6-12,15H,5,13H2,1-4H3,(H,24,28)/t15-/m1/s1. The fourth-order valence-corrected chi connectivity index (χ4v) is 3.64. The molecule has 0 saturated carbocycles. The molecular formula is C22H25FN4O2S. The molecule has 0 spiro atoms. The second kappa shape index (κ2) is 9.75. The summed E-state index contributed by atoms with van der Waals surface area (Å²) in [5.41, 5.74) is 2.13. The van der Waals surface area contributed by atoms with Crippen LogP contribution in [0.15, 0.2) is 47.6 Å². The van der Waals surface area contributed by atoms with Gasteiger partial charge in [-0.15, -0.1) is 10.2 Å². The molecule has 8 heteroatoms. The molecule has 0 radical (unpaired) electrons. The largest absolute Gasteiger partial charge is 0.483 e. The lowest BCUT2D eigenvalue weighted by Crippen LogP contribution is -2.16. The van der Waals surface area contributed by atoms with Gasteiger partial charge >= 0.3 is 0 Å². The van der Waals surface area contributed by atoms with Gasteiger partial charge < -0.3 is 14.6 Å². The number of anilines is 1. The Morgan fingerprint density at radius 2 is 1.97 bits per heavy atom. The summed E-state index contributed by atoms with van der Waals surface area (Å²) >= 11 is 1.26. The highest BCUT2D eigenvalue weighted by Gasteiger charge is 2.18. The van der Waals surface area contributed by atoms with E-state index in [0.717, 1.165) is 12.2 Å². The molecule has 0 bridgehead atoms. The number of amides is 1. The summed E-state index contributed by atoms with van der Waals surface area (Å²) in [6.45, 7) is 5.65. The van der Waals surface area contributed by atoms with Gasteiger partial charge in [0.1, 0.15) is 11.6 Å². The average Bonchev–Trinajstić information content (AvgIpc) is 3.11. The van der Waals surface area contributed by atoms with Gasteiger partial charge in [-0.2, -0.15) is 0 Å². The van der Waals surface area contributed by atoms with Crippen LogP contribution >= 0.6 is 11.8 Å². The lowest BCUT2D eigenvalue weighted by atomic mass is 10.2. The topological polar surface area (TPSA) is 69.0 Å². The highest BCUT2D eigenvalue weighted by atomic mass is 32.2. The van der Waals surface area contributed by atoms with Crippen LogP contribution in [0.3, 0.4) is 0 Å². The van der Waals surface area contributed by atoms with Gasteiger partial charge in [0, 0.05) is 18.3 Å². The summed E-state index contributed by atoms with van der Waals surface area (Å²) in [4.78, 5) is 12.3. The summed E-state index contributed by atoms with van der Waals surface area (Å²) in [6.07, 6.45) is 0.680. The van der Waals surface area contributed by atoms with Crippen molar-refractivity contribution in [3.05, 3.63) is 65.2 Å². The van der Waals surface area contributed by atoms with E-state index in [2.05, 4.69) is 22.4 Å². The fourth-order valence-electron chi connectivity index (χ4n) is 2.93. The molecule has 2 aromatic carbocycles. The smallest absolute Gasteiger partial charge is 0.234 e. The summed E-state index contributed by atoms with van der Waals surface area (Å²) < 4.78 is 21.4. The van der Waals surface area contributed by atoms with Crippen molar-refractivity contribution in [1.82, 2.24) is 14.8 Å². The lowest BCUT2D eigenvalue weighted by Gasteiger charge is -2.14. The van der Waals surface area contributed by atoms with Crippen molar-refractivity contribution in [1.29, 1.82) is 0 Å². The van der Waals surface area contributed by atoms with Crippen molar-refractivity contribution in [2.45, 2.75) is 38.5 Å². The second-order valence-corrected chi connectivity index (χ2v) is 7.85. The first-order valence-corrected chi connectivity index (χ1v) is 10.7. The molecule has 0 unspecified atom stereocenters. The molecule has 0 saturated heterocycles. The number of nitrogens with zero attached hydrogens (tertiary/aromatic N) is 3. The van der Waals surface area contributed by atoms with Crippen LogP contribution in [0.1, 0.15) is 36.9 Å². The van der Waals surface area contributed by atoms with Crippen molar-refractivity contribution in [2.24, 2.45) is 7.05 Å². The van der Waals surface area contributed by atoms with E-state index in [1.165, 1.54) is 23.4 Å². The third-order valence-electron chi connectivity index (χ3n) is 4.75. The maximum atomic E-state index is 13.6. The minimum Gasteiger partial charge on any atom is -0.483 e. The molecule has 1 atom stereocenters. The lowest BCUT2D eigenvalue weighted by molar-refractivity contribution is -0.113. The minimum atomic E-state index is -0.350. The summed E-state index contributed by atoms with van der Waals surface area (Å²) in [5.74, 6) is 0.978. The Kier molecular flexibility index (Phi) is 7.10. The number of ether oxygens (including phenoxy) is 1.